The van der Waals surface area contributed by atoms with Crippen LogP contribution in [0.4, 0.5) is 0 Å². The maximum absolute atomic E-state index is 12.9. The lowest BCUT2D eigenvalue weighted by Gasteiger charge is -2.09. The maximum Gasteiger partial charge on any atom is 0.368 e. The molecule has 0 aliphatic carbocycles. The van der Waals surface area contributed by atoms with Gasteiger partial charge in [0.25, 0.3) is 0 Å². The van der Waals surface area contributed by atoms with Gasteiger partial charge in [-0.25, -0.2) is 4.79 Å². The van der Waals surface area contributed by atoms with Gasteiger partial charge in [0.2, 0.25) is 0 Å². The largest absolute Gasteiger partial charge is 0.368 e. The van der Waals surface area contributed by atoms with Crippen molar-refractivity contribution in [3.63, 3.8) is 0 Å². The first kappa shape index (κ1) is 22.3. The van der Waals surface area contributed by atoms with Crippen LogP contribution in [0, 0.1) is 0 Å². The first-order chi connectivity index (χ1) is 15.7. The average Bonchev–Trinajstić information content (AvgIpc) is 3.38. The van der Waals surface area contributed by atoms with Crippen LogP contribution in [-0.2, 0) is 6.54 Å². The maximum atomic E-state index is 12.9. The summed E-state index contributed by atoms with van der Waals surface area (Å²) in [5.74, 6) is 1.59. The second-order valence-electron chi connectivity index (χ2n) is 7.29. The molecule has 0 saturated heterocycles. The van der Waals surface area contributed by atoms with E-state index in [9.17, 15) is 4.79 Å². The SMILES string of the molecule is CCCCCCSc1nnc(Cn2nnn(-c3ccc(Cl)cc3)c2=O)n1-c1ccccc1. The van der Waals surface area contributed by atoms with E-state index in [1.165, 1.54) is 28.6 Å². The summed E-state index contributed by atoms with van der Waals surface area (Å²) >= 11 is 7.62. The molecule has 0 atom stereocenters. The summed E-state index contributed by atoms with van der Waals surface area (Å²) < 4.78 is 4.51. The van der Waals surface area contributed by atoms with Crippen LogP contribution in [0.2, 0.25) is 5.02 Å². The van der Waals surface area contributed by atoms with Crippen molar-refractivity contribution in [1.82, 2.24) is 34.6 Å². The van der Waals surface area contributed by atoms with Gasteiger partial charge in [-0.1, -0.05) is 67.7 Å². The van der Waals surface area contributed by atoms with Crippen molar-refractivity contribution in [2.45, 2.75) is 44.3 Å². The zero-order chi connectivity index (χ0) is 22.3. The van der Waals surface area contributed by atoms with E-state index in [-0.39, 0.29) is 12.2 Å². The van der Waals surface area contributed by atoms with Gasteiger partial charge < -0.3 is 0 Å². The first-order valence-corrected chi connectivity index (χ1v) is 11.9. The number of hydrogen-bond acceptors (Lipinski definition) is 6. The van der Waals surface area contributed by atoms with Crippen LogP contribution >= 0.6 is 23.4 Å². The highest BCUT2D eigenvalue weighted by molar-refractivity contribution is 7.99. The van der Waals surface area contributed by atoms with E-state index < -0.39 is 0 Å². The van der Waals surface area contributed by atoms with E-state index in [0.717, 1.165) is 23.0 Å². The Morgan fingerprint density at radius 2 is 1.69 bits per heavy atom. The normalized spacial score (nSPS) is 11.2. The molecule has 0 spiro atoms. The van der Waals surface area contributed by atoms with Crippen molar-refractivity contribution in [2.24, 2.45) is 0 Å². The van der Waals surface area contributed by atoms with Crippen LogP contribution in [0.5, 0.6) is 0 Å². The average molecular weight is 470 g/mol. The highest BCUT2D eigenvalue weighted by Crippen LogP contribution is 2.23. The van der Waals surface area contributed by atoms with Gasteiger partial charge in [0.15, 0.2) is 11.0 Å². The van der Waals surface area contributed by atoms with Crippen molar-refractivity contribution in [2.75, 3.05) is 5.75 Å². The summed E-state index contributed by atoms with van der Waals surface area (Å²) in [6, 6.07) is 16.8. The summed E-state index contributed by atoms with van der Waals surface area (Å²) in [6.07, 6.45) is 4.78. The number of hydrogen-bond donors (Lipinski definition) is 0. The number of halogens is 1. The first-order valence-electron chi connectivity index (χ1n) is 10.6. The lowest BCUT2D eigenvalue weighted by atomic mass is 10.2. The molecule has 2 aromatic heterocycles. The van der Waals surface area contributed by atoms with Gasteiger partial charge >= 0.3 is 5.69 Å². The Morgan fingerprint density at radius 3 is 2.44 bits per heavy atom. The van der Waals surface area contributed by atoms with Gasteiger partial charge in [-0.3, -0.25) is 4.57 Å². The Balaban J connectivity index is 1.60. The summed E-state index contributed by atoms with van der Waals surface area (Å²) in [7, 11) is 0. The Bertz CT molecular complexity index is 1200. The van der Waals surface area contributed by atoms with Crippen molar-refractivity contribution < 1.29 is 0 Å². The number of nitrogens with zero attached hydrogens (tertiary/aromatic N) is 7. The van der Waals surface area contributed by atoms with Crippen molar-refractivity contribution in [1.29, 1.82) is 0 Å². The molecule has 0 bridgehead atoms. The summed E-state index contributed by atoms with van der Waals surface area (Å²) in [4.78, 5) is 12.9. The third-order valence-corrected chi connectivity index (χ3v) is 6.21. The molecule has 32 heavy (non-hydrogen) atoms. The Morgan fingerprint density at radius 1 is 0.906 bits per heavy atom. The lowest BCUT2D eigenvalue weighted by molar-refractivity contribution is 0.598. The molecule has 8 nitrogen and oxygen atoms in total. The minimum absolute atomic E-state index is 0.157. The molecule has 0 unspecified atom stereocenters. The molecule has 0 radical (unpaired) electrons. The molecule has 166 valence electrons. The molecule has 0 aliphatic heterocycles. The fourth-order valence-corrected chi connectivity index (χ4v) is 4.37. The quantitative estimate of drug-likeness (QED) is 0.253. The zero-order valence-electron chi connectivity index (χ0n) is 17.8. The highest BCUT2D eigenvalue weighted by atomic mass is 35.5. The molecule has 4 rings (SSSR count). The molecular weight excluding hydrogens is 446 g/mol. The summed E-state index contributed by atoms with van der Waals surface area (Å²) in [6.45, 7) is 2.36. The summed E-state index contributed by atoms with van der Waals surface area (Å²) in [5, 5.41) is 18.2. The van der Waals surface area contributed by atoms with Crippen LogP contribution in [0.15, 0.2) is 64.5 Å². The molecule has 2 aromatic carbocycles. The number of benzene rings is 2. The lowest BCUT2D eigenvalue weighted by Crippen LogP contribution is -2.25. The predicted molar refractivity (Wildman–Crippen MR) is 126 cm³/mol. The Hall–Kier alpha value is -2.91. The van der Waals surface area contributed by atoms with Gasteiger partial charge in [-0.2, -0.15) is 9.36 Å². The summed E-state index contributed by atoms with van der Waals surface area (Å²) in [5.41, 5.74) is 1.18. The number of para-hydroxylation sites is 1. The van der Waals surface area contributed by atoms with Gasteiger partial charge in [-0.15, -0.1) is 10.2 Å². The van der Waals surface area contributed by atoms with E-state index >= 15 is 0 Å². The Labute approximate surface area is 195 Å². The molecule has 0 aliphatic rings. The molecule has 0 amide bonds. The molecular formula is C22H24ClN7OS. The minimum Gasteiger partial charge on any atom is -0.272 e. The van der Waals surface area contributed by atoms with Gasteiger partial charge in [0.1, 0.15) is 6.54 Å². The van der Waals surface area contributed by atoms with Crippen LogP contribution in [0.25, 0.3) is 11.4 Å². The fraction of sp³-hybridized carbons (Fsp3) is 0.318. The number of unbranched alkanes of at least 4 members (excludes halogenated alkanes) is 3. The van der Waals surface area contributed by atoms with Crippen molar-refractivity contribution in [3.05, 3.63) is 75.9 Å². The third-order valence-electron chi connectivity index (χ3n) is 4.95. The second kappa shape index (κ2) is 10.6. The smallest absolute Gasteiger partial charge is 0.272 e. The van der Waals surface area contributed by atoms with Crippen LogP contribution in [0.1, 0.15) is 38.4 Å². The molecule has 2 heterocycles. The zero-order valence-corrected chi connectivity index (χ0v) is 19.3. The molecule has 0 fully saturated rings. The number of thioether (sulfide) groups is 1. The van der Waals surface area contributed by atoms with Gasteiger partial charge in [0, 0.05) is 16.5 Å². The molecule has 10 heteroatoms. The third kappa shape index (κ3) is 5.11. The Kier molecular flexibility index (Phi) is 7.39. The van der Waals surface area contributed by atoms with Gasteiger partial charge in [0.05, 0.1) is 5.69 Å². The van der Waals surface area contributed by atoms with E-state index in [0.29, 0.717) is 16.5 Å². The minimum atomic E-state index is -0.358. The van der Waals surface area contributed by atoms with E-state index in [4.69, 9.17) is 11.6 Å². The fourth-order valence-electron chi connectivity index (χ4n) is 3.28. The number of aromatic nitrogens is 7. The van der Waals surface area contributed by atoms with E-state index in [1.807, 2.05) is 34.9 Å². The molecule has 4 aromatic rings. The monoisotopic (exact) mass is 469 g/mol. The van der Waals surface area contributed by atoms with Crippen LogP contribution in [0.3, 0.4) is 0 Å². The second-order valence-corrected chi connectivity index (χ2v) is 8.78. The van der Waals surface area contributed by atoms with Crippen LogP contribution < -0.4 is 5.69 Å². The van der Waals surface area contributed by atoms with E-state index in [2.05, 4.69) is 27.5 Å². The molecule has 0 N–H and O–H groups in total. The standard InChI is InChI=1S/C22H24ClN7OS/c1-2-3-4-8-15-32-21-25-24-20(29(21)18-9-6-5-7-10-18)16-28-22(31)30(27-26-28)19-13-11-17(23)12-14-19/h5-7,9-14H,2-4,8,15-16H2,1H3. The van der Waals surface area contributed by atoms with Gasteiger partial charge in [-0.05, 0) is 53.2 Å². The van der Waals surface area contributed by atoms with Crippen LogP contribution in [-0.4, -0.2) is 40.3 Å². The number of tetrazole rings is 1. The predicted octanol–water partition coefficient (Wildman–Crippen LogP) is 4.38. The van der Waals surface area contributed by atoms with E-state index in [1.54, 1.807) is 36.0 Å². The topological polar surface area (TPSA) is 83.4 Å². The van der Waals surface area contributed by atoms with Crippen molar-refractivity contribution >= 4 is 23.4 Å². The van der Waals surface area contributed by atoms with Crippen molar-refractivity contribution in [3.8, 4) is 11.4 Å². The number of rotatable bonds is 10. The highest BCUT2D eigenvalue weighted by Gasteiger charge is 2.17. The molecule has 0 saturated carbocycles.